The second kappa shape index (κ2) is 11.5. The number of rotatable bonds is 7. The van der Waals surface area contributed by atoms with Crippen molar-refractivity contribution < 1.29 is 9.47 Å². The summed E-state index contributed by atoms with van der Waals surface area (Å²) in [5.41, 5.74) is 1.23. The zero-order valence-corrected chi connectivity index (χ0v) is 18.4. The molecule has 2 atom stereocenters. The number of hydrogen-bond donors (Lipinski definition) is 2. The SMILES string of the molecule is CCNC(=NCc1cccc2ccccc12)NC(C)COC1CCOC1.I. The first kappa shape index (κ1) is 21.9. The van der Waals surface area contributed by atoms with E-state index in [9.17, 15) is 0 Å². The van der Waals surface area contributed by atoms with Crippen LogP contribution in [0.3, 0.4) is 0 Å². The van der Waals surface area contributed by atoms with Crippen LogP contribution in [0, 0.1) is 0 Å². The second-order valence-corrected chi connectivity index (χ2v) is 6.70. The van der Waals surface area contributed by atoms with Crippen molar-refractivity contribution in [3.8, 4) is 0 Å². The summed E-state index contributed by atoms with van der Waals surface area (Å²) in [6.07, 6.45) is 1.22. The summed E-state index contributed by atoms with van der Waals surface area (Å²) in [4.78, 5) is 4.77. The molecule has 2 N–H and O–H groups in total. The normalized spacial score (nSPS) is 18.1. The van der Waals surface area contributed by atoms with Gasteiger partial charge < -0.3 is 20.1 Å². The van der Waals surface area contributed by atoms with Crippen molar-refractivity contribution in [1.29, 1.82) is 0 Å². The zero-order chi connectivity index (χ0) is 18.2. The van der Waals surface area contributed by atoms with E-state index in [1.54, 1.807) is 0 Å². The molecule has 1 saturated heterocycles. The lowest BCUT2D eigenvalue weighted by molar-refractivity contribution is 0.0347. The van der Waals surface area contributed by atoms with Crippen molar-refractivity contribution in [3.05, 3.63) is 48.0 Å². The number of hydrogen-bond acceptors (Lipinski definition) is 3. The van der Waals surface area contributed by atoms with E-state index in [0.717, 1.165) is 25.5 Å². The van der Waals surface area contributed by atoms with E-state index in [-0.39, 0.29) is 36.1 Å². The third kappa shape index (κ3) is 6.62. The van der Waals surface area contributed by atoms with E-state index in [1.807, 2.05) is 0 Å². The van der Waals surface area contributed by atoms with Gasteiger partial charge in [-0.05, 0) is 36.6 Å². The van der Waals surface area contributed by atoms with Gasteiger partial charge in [0.2, 0.25) is 0 Å². The summed E-state index contributed by atoms with van der Waals surface area (Å²) < 4.78 is 11.2. The van der Waals surface area contributed by atoms with Crippen LogP contribution in [0.2, 0.25) is 0 Å². The number of fused-ring (bicyclic) bond motifs is 1. The van der Waals surface area contributed by atoms with E-state index >= 15 is 0 Å². The van der Waals surface area contributed by atoms with Gasteiger partial charge in [-0.3, -0.25) is 0 Å². The molecule has 0 saturated carbocycles. The number of nitrogens with zero attached hydrogens (tertiary/aromatic N) is 1. The van der Waals surface area contributed by atoms with Crippen molar-refractivity contribution in [2.24, 2.45) is 4.99 Å². The number of guanidine groups is 1. The lowest BCUT2D eigenvalue weighted by atomic mass is 10.1. The Kier molecular flexibility index (Phi) is 9.30. The molecule has 27 heavy (non-hydrogen) atoms. The number of benzene rings is 2. The fourth-order valence-electron chi connectivity index (χ4n) is 3.11. The van der Waals surface area contributed by atoms with Gasteiger partial charge in [0.15, 0.2) is 5.96 Å². The third-order valence-electron chi connectivity index (χ3n) is 4.48. The van der Waals surface area contributed by atoms with Gasteiger partial charge in [0.1, 0.15) is 0 Å². The van der Waals surface area contributed by atoms with E-state index in [4.69, 9.17) is 14.5 Å². The highest BCUT2D eigenvalue weighted by molar-refractivity contribution is 14.0. The molecule has 1 fully saturated rings. The summed E-state index contributed by atoms with van der Waals surface area (Å²) in [5, 5.41) is 9.26. The molecule has 3 rings (SSSR count). The second-order valence-electron chi connectivity index (χ2n) is 6.70. The predicted molar refractivity (Wildman–Crippen MR) is 122 cm³/mol. The van der Waals surface area contributed by atoms with E-state index in [2.05, 4.69) is 66.9 Å². The minimum absolute atomic E-state index is 0. The molecule has 0 radical (unpaired) electrons. The maximum absolute atomic E-state index is 5.89. The molecule has 148 valence electrons. The van der Waals surface area contributed by atoms with Crippen LogP contribution < -0.4 is 10.6 Å². The Labute approximate surface area is 178 Å². The van der Waals surface area contributed by atoms with Crippen LogP contribution >= 0.6 is 24.0 Å². The average molecular weight is 483 g/mol. The van der Waals surface area contributed by atoms with Crippen LogP contribution in [0.25, 0.3) is 10.8 Å². The lowest BCUT2D eigenvalue weighted by Gasteiger charge is -2.19. The molecule has 2 aromatic rings. The van der Waals surface area contributed by atoms with Crippen LogP contribution in [0.4, 0.5) is 0 Å². The summed E-state index contributed by atoms with van der Waals surface area (Å²) in [7, 11) is 0. The molecule has 0 aliphatic carbocycles. The Balaban J connectivity index is 0.00000261. The summed E-state index contributed by atoms with van der Waals surface area (Å²) in [6, 6.07) is 15.0. The minimum atomic E-state index is 0. The first-order valence-electron chi connectivity index (χ1n) is 9.47. The van der Waals surface area contributed by atoms with Gasteiger partial charge in [-0.15, -0.1) is 24.0 Å². The molecule has 0 aromatic heterocycles. The molecule has 2 aromatic carbocycles. The molecule has 0 spiro atoms. The number of aliphatic imine (C=N–C) groups is 1. The van der Waals surface area contributed by atoms with Gasteiger partial charge in [-0.2, -0.15) is 0 Å². The fourth-order valence-corrected chi connectivity index (χ4v) is 3.11. The van der Waals surface area contributed by atoms with Crippen LogP contribution in [0.5, 0.6) is 0 Å². The molecule has 0 bridgehead atoms. The topological polar surface area (TPSA) is 54.9 Å². The highest BCUT2D eigenvalue weighted by atomic mass is 127. The molecule has 6 heteroatoms. The van der Waals surface area contributed by atoms with Crippen LogP contribution in [-0.4, -0.2) is 44.5 Å². The number of ether oxygens (including phenoxy) is 2. The maximum atomic E-state index is 5.89. The van der Waals surface area contributed by atoms with Crippen LogP contribution in [0.1, 0.15) is 25.8 Å². The fraction of sp³-hybridized carbons (Fsp3) is 0.476. The Bertz CT molecular complexity index is 727. The quantitative estimate of drug-likeness (QED) is 0.358. The summed E-state index contributed by atoms with van der Waals surface area (Å²) in [6.45, 7) is 7.81. The largest absolute Gasteiger partial charge is 0.379 e. The van der Waals surface area contributed by atoms with E-state index in [0.29, 0.717) is 19.8 Å². The van der Waals surface area contributed by atoms with Gasteiger partial charge in [-0.1, -0.05) is 42.5 Å². The van der Waals surface area contributed by atoms with Gasteiger partial charge >= 0.3 is 0 Å². The predicted octanol–water partition coefficient (Wildman–Crippen LogP) is 3.71. The number of nitrogens with one attached hydrogen (secondary N) is 2. The van der Waals surface area contributed by atoms with Crippen LogP contribution in [-0.2, 0) is 16.0 Å². The third-order valence-corrected chi connectivity index (χ3v) is 4.48. The summed E-state index contributed by atoms with van der Waals surface area (Å²) in [5.74, 6) is 0.819. The Morgan fingerprint density at radius 2 is 2.07 bits per heavy atom. The van der Waals surface area contributed by atoms with E-state index < -0.39 is 0 Å². The molecule has 1 aliphatic rings. The molecular formula is C21H30IN3O2. The van der Waals surface area contributed by atoms with Gasteiger partial charge in [0.25, 0.3) is 0 Å². The molecule has 0 amide bonds. The first-order chi connectivity index (χ1) is 12.8. The molecule has 1 aliphatic heterocycles. The first-order valence-corrected chi connectivity index (χ1v) is 9.47. The standard InChI is InChI=1S/C21H29N3O2.HI/c1-3-22-21(24-16(2)14-26-19-11-12-25-15-19)23-13-18-9-6-8-17-7-4-5-10-20(17)18;/h4-10,16,19H,3,11-15H2,1-2H3,(H2,22,23,24);1H. The number of halogens is 1. The Morgan fingerprint density at radius 1 is 1.26 bits per heavy atom. The molecule has 1 heterocycles. The Hall–Kier alpha value is -1.38. The van der Waals surface area contributed by atoms with Crippen molar-refractivity contribution >= 4 is 40.7 Å². The highest BCUT2D eigenvalue weighted by Crippen LogP contribution is 2.19. The molecular weight excluding hydrogens is 453 g/mol. The van der Waals surface area contributed by atoms with Crippen molar-refractivity contribution in [2.75, 3.05) is 26.4 Å². The van der Waals surface area contributed by atoms with Crippen molar-refractivity contribution in [2.45, 2.75) is 39.0 Å². The molecule has 2 unspecified atom stereocenters. The smallest absolute Gasteiger partial charge is 0.191 e. The van der Waals surface area contributed by atoms with E-state index in [1.165, 1.54) is 16.3 Å². The summed E-state index contributed by atoms with van der Waals surface area (Å²) >= 11 is 0. The Morgan fingerprint density at radius 3 is 2.85 bits per heavy atom. The van der Waals surface area contributed by atoms with Gasteiger partial charge in [-0.25, -0.2) is 4.99 Å². The van der Waals surface area contributed by atoms with Gasteiger partial charge in [0.05, 0.1) is 25.9 Å². The lowest BCUT2D eigenvalue weighted by Crippen LogP contribution is -2.44. The van der Waals surface area contributed by atoms with Crippen molar-refractivity contribution in [3.63, 3.8) is 0 Å². The highest BCUT2D eigenvalue weighted by Gasteiger charge is 2.17. The zero-order valence-electron chi connectivity index (χ0n) is 16.1. The van der Waals surface area contributed by atoms with Crippen LogP contribution in [0.15, 0.2) is 47.5 Å². The average Bonchev–Trinajstić information content (AvgIpc) is 3.18. The van der Waals surface area contributed by atoms with Crippen molar-refractivity contribution in [1.82, 2.24) is 10.6 Å². The monoisotopic (exact) mass is 483 g/mol. The minimum Gasteiger partial charge on any atom is -0.379 e. The van der Waals surface area contributed by atoms with Gasteiger partial charge in [0, 0.05) is 19.2 Å². The molecule has 5 nitrogen and oxygen atoms in total. The maximum Gasteiger partial charge on any atom is 0.191 e.